The van der Waals surface area contributed by atoms with Crippen LogP contribution in [0.3, 0.4) is 0 Å². The van der Waals surface area contributed by atoms with Crippen LogP contribution in [0, 0.1) is 0 Å². The van der Waals surface area contributed by atoms with Crippen LogP contribution in [0.5, 0.6) is 0 Å². The quantitative estimate of drug-likeness (QED) is 0.763. The third-order valence-electron chi connectivity index (χ3n) is 2.06. The Morgan fingerprint density at radius 3 is 2.73 bits per heavy atom. The molecule has 0 fully saturated rings. The van der Waals surface area contributed by atoms with Gasteiger partial charge in [0.05, 0.1) is 0 Å². The van der Waals surface area contributed by atoms with Crippen molar-refractivity contribution in [1.29, 1.82) is 0 Å². The summed E-state index contributed by atoms with van der Waals surface area (Å²) in [5, 5.41) is 0.910. The monoisotopic (exact) mass is 222 g/mol. The summed E-state index contributed by atoms with van der Waals surface area (Å²) in [5.74, 6) is -0.663. The molecular formula is C10H7ClN2O2. The lowest BCUT2D eigenvalue weighted by Crippen LogP contribution is -2.16. The van der Waals surface area contributed by atoms with Gasteiger partial charge in [0.1, 0.15) is 5.69 Å². The summed E-state index contributed by atoms with van der Waals surface area (Å²) >= 11 is 5.75. The predicted molar refractivity (Wildman–Crippen MR) is 58.1 cm³/mol. The van der Waals surface area contributed by atoms with Crippen molar-refractivity contribution in [3.63, 3.8) is 0 Å². The van der Waals surface area contributed by atoms with Crippen LogP contribution in [-0.4, -0.2) is 10.9 Å². The number of carbonyl (C=O) groups excluding carboxylic acids is 1. The number of primary amides is 1. The van der Waals surface area contributed by atoms with Crippen molar-refractivity contribution < 1.29 is 4.79 Å². The Hall–Kier alpha value is -1.81. The van der Waals surface area contributed by atoms with Crippen molar-refractivity contribution in [2.75, 3.05) is 0 Å². The number of nitrogens with one attached hydrogen (secondary N) is 1. The minimum absolute atomic E-state index is 0.0924. The average Bonchev–Trinajstić information content (AvgIpc) is 2.18. The molecule has 2 aromatic rings. The van der Waals surface area contributed by atoms with Crippen LogP contribution >= 0.6 is 11.6 Å². The number of halogens is 1. The van der Waals surface area contributed by atoms with E-state index < -0.39 is 5.91 Å². The molecule has 0 saturated carbocycles. The van der Waals surface area contributed by atoms with Crippen LogP contribution < -0.4 is 11.2 Å². The smallest absolute Gasteiger partial charge is 0.265 e. The zero-order valence-corrected chi connectivity index (χ0v) is 8.34. The van der Waals surface area contributed by atoms with Crippen molar-refractivity contribution in [2.45, 2.75) is 0 Å². The fraction of sp³-hybridized carbons (Fsp3) is 0. The Balaban J connectivity index is 2.84. The molecule has 0 radical (unpaired) electrons. The molecule has 15 heavy (non-hydrogen) atoms. The SMILES string of the molecule is NC(=O)c1cc(=O)c2cc(Cl)ccc2[nH]1. The Morgan fingerprint density at radius 1 is 1.33 bits per heavy atom. The zero-order chi connectivity index (χ0) is 11.0. The zero-order valence-electron chi connectivity index (χ0n) is 7.58. The third-order valence-corrected chi connectivity index (χ3v) is 2.29. The molecule has 0 aliphatic heterocycles. The van der Waals surface area contributed by atoms with Gasteiger partial charge >= 0.3 is 0 Å². The lowest BCUT2D eigenvalue weighted by atomic mass is 10.2. The standard InChI is InChI=1S/C10H7ClN2O2/c11-5-1-2-7-6(3-5)9(14)4-8(13-7)10(12)15/h1-4H,(H2,12,15)(H,13,14). The van der Waals surface area contributed by atoms with E-state index in [1.54, 1.807) is 18.2 Å². The summed E-state index contributed by atoms with van der Waals surface area (Å²) in [6, 6.07) is 5.97. The van der Waals surface area contributed by atoms with Crippen molar-refractivity contribution in [1.82, 2.24) is 4.98 Å². The molecule has 0 spiro atoms. The first-order valence-electron chi connectivity index (χ1n) is 4.20. The summed E-state index contributed by atoms with van der Waals surface area (Å²) in [7, 11) is 0. The summed E-state index contributed by atoms with van der Waals surface area (Å²) in [5.41, 5.74) is 5.43. The van der Waals surface area contributed by atoms with E-state index in [1.165, 1.54) is 6.07 Å². The van der Waals surface area contributed by atoms with E-state index in [0.29, 0.717) is 15.9 Å². The van der Waals surface area contributed by atoms with Crippen LogP contribution in [0.2, 0.25) is 5.02 Å². The van der Waals surface area contributed by atoms with E-state index >= 15 is 0 Å². The van der Waals surface area contributed by atoms with E-state index in [9.17, 15) is 9.59 Å². The van der Waals surface area contributed by atoms with Gasteiger partial charge in [-0.25, -0.2) is 0 Å². The van der Waals surface area contributed by atoms with Gasteiger partial charge in [0, 0.05) is 22.0 Å². The molecule has 1 amide bonds. The van der Waals surface area contributed by atoms with E-state index in [2.05, 4.69) is 4.98 Å². The summed E-state index contributed by atoms with van der Waals surface area (Å²) in [6.45, 7) is 0. The Morgan fingerprint density at radius 2 is 2.07 bits per heavy atom. The normalized spacial score (nSPS) is 10.5. The van der Waals surface area contributed by atoms with Crippen LogP contribution in [0.1, 0.15) is 10.5 Å². The highest BCUT2D eigenvalue weighted by Crippen LogP contribution is 2.14. The lowest BCUT2D eigenvalue weighted by molar-refractivity contribution is 0.0996. The first-order chi connectivity index (χ1) is 7.08. The van der Waals surface area contributed by atoms with Crippen LogP contribution in [-0.2, 0) is 0 Å². The molecule has 2 rings (SSSR count). The molecule has 0 saturated heterocycles. The van der Waals surface area contributed by atoms with Gasteiger partial charge < -0.3 is 10.7 Å². The second-order valence-electron chi connectivity index (χ2n) is 3.10. The van der Waals surface area contributed by atoms with Gasteiger partial charge in [0.2, 0.25) is 0 Å². The van der Waals surface area contributed by atoms with Crippen LogP contribution in [0.25, 0.3) is 10.9 Å². The molecular weight excluding hydrogens is 216 g/mol. The van der Waals surface area contributed by atoms with Gasteiger partial charge in [0.25, 0.3) is 5.91 Å². The Bertz CT molecular complexity index is 604. The Labute approximate surface area is 89.7 Å². The highest BCUT2D eigenvalue weighted by atomic mass is 35.5. The molecule has 0 aliphatic carbocycles. The number of amides is 1. The number of rotatable bonds is 1. The Kier molecular flexibility index (Phi) is 2.21. The number of hydrogen-bond donors (Lipinski definition) is 2. The molecule has 3 N–H and O–H groups in total. The minimum Gasteiger partial charge on any atom is -0.364 e. The number of H-pyrrole nitrogens is 1. The molecule has 0 unspecified atom stereocenters. The van der Waals surface area contributed by atoms with Crippen molar-refractivity contribution in [3.8, 4) is 0 Å². The second kappa shape index (κ2) is 3.40. The van der Waals surface area contributed by atoms with E-state index in [-0.39, 0.29) is 11.1 Å². The highest BCUT2D eigenvalue weighted by molar-refractivity contribution is 6.31. The van der Waals surface area contributed by atoms with Crippen LogP contribution in [0.4, 0.5) is 0 Å². The summed E-state index contributed by atoms with van der Waals surface area (Å²) < 4.78 is 0. The number of fused-ring (bicyclic) bond motifs is 1. The molecule has 0 atom stereocenters. The molecule has 0 aliphatic rings. The van der Waals surface area contributed by atoms with Gasteiger partial charge in [-0.15, -0.1) is 0 Å². The molecule has 1 heterocycles. The predicted octanol–water partition coefficient (Wildman–Crippen LogP) is 1.28. The number of pyridine rings is 1. The van der Waals surface area contributed by atoms with Gasteiger partial charge in [-0.1, -0.05) is 11.6 Å². The fourth-order valence-corrected chi connectivity index (χ4v) is 1.52. The molecule has 5 heteroatoms. The molecule has 76 valence electrons. The third kappa shape index (κ3) is 1.71. The summed E-state index contributed by atoms with van der Waals surface area (Å²) in [4.78, 5) is 25.2. The topological polar surface area (TPSA) is 76.0 Å². The average molecular weight is 223 g/mol. The van der Waals surface area contributed by atoms with Gasteiger partial charge in [-0.2, -0.15) is 0 Å². The van der Waals surface area contributed by atoms with Gasteiger partial charge in [-0.05, 0) is 18.2 Å². The van der Waals surface area contributed by atoms with E-state index in [0.717, 1.165) is 0 Å². The summed E-state index contributed by atoms with van der Waals surface area (Å²) in [6.07, 6.45) is 0. The first-order valence-corrected chi connectivity index (χ1v) is 4.58. The first kappa shape index (κ1) is 9.73. The van der Waals surface area contributed by atoms with Crippen molar-refractivity contribution >= 4 is 28.4 Å². The molecule has 1 aromatic carbocycles. The molecule has 4 nitrogen and oxygen atoms in total. The number of benzene rings is 1. The number of nitrogens with two attached hydrogens (primary N) is 1. The largest absolute Gasteiger partial charge is 0.364 e. The van der Waals surface area contributed by atoms with Crippen LogP contribution in [0.15, 0.2) is 29.1 Å². The minimum atomic E-state index is -0.663. The van der Waals surface area contributed by atoms with Crippen molar-refractivity contribution in [3.05, 3.63) is 45.2 Å². The lowest BCUT2D eigenvalue weighted by Gasteiger charge is -2.00. The number of hydrogen-bond acceptors (Lipinski definition) is 2. The van der Waals surface area contributed by atoms with Gasteiger partial charge in [0.15, 0.2) is 5.43 Å². The second-order valence-corrected chi connectivity index (χ2v) is 3.54. The van der Waals surface area contributed by atoms with E-state index in [4.69, 9.17) is 17.3 Å². The highest BCUT2D eigenvalue weighted by Gasteiger charge is 2.06. The number of aromatic nitrogens is 1. The molecule has 0 bridgehead atoms. The maximum Gasteiger partial charge on any atom is 0.265 e. The maximum absolute atomic E-state index is 11.6. The van der Waals surface area contributed by atoms with Crippen molar-refractivity contribution in [2.24, 2.45) is 5.73 Å². The molecule has 1 aromatic heterocycles. The van der Waals surface area contributed by atoms with Gasteiger partial charge in [-0.3, -0.25) is 9.59 Å². The number of aromatic amines is 1. The fourth-order valence-electron chi connectivity index (χ4n) is 1.35. The van der Waals surface area contributed by atoms with E-state index in [1.807, 2.05) is 0 Å². The number of carbonyl (C=O) groups is 1. The maximum atomic E-state index is 11.6.